The highest BCUT2D eigenvalue weighted by atomic mass is 32.8. The quantitative estimate of drug-likeness (QED) is 0.692. The monoisotopic (exact) mass is 237 g/mol. The van der Waals surface area contributed by atoms with E-state index in [1.54, 1.807) is 13.8 Å². The van der Waals surface area contributed by atoms with Gasteiger partial charge >= 0.3 is 5.51 Å². The highest BCUT2D eigenvalue weighted by Crippen LogP contribution is 2.25. The molecule has 13 heavy (non-hydrogen) atoms. The van der Waals surface area contributed by atoms with E-state index in [-0.39, 0.29) is 13.1 Å². The predicted octanol–water partition coefficient (Wildman–Crippen LogP) is 1.44. The third-order valence-electron chi connectivity index (χ3n) is 1.19. The Kier molecular flexibility index (Phi) is 4.56. The Balaban J connectivity index is 4.52. The van der Waals surface area contributed by atoms with Gasteiger partial charge in [-0.25, -0.2) is 4.21 Å². The van der Waals surface area contributed by atoms with Crippen molar-refractivity contribution in [1.29, 1.82) is 0 Å². The van der Waals surface area contributed by atoms with E-state index < -0.39 is 14.3 Å². The Morgan fingerprint density at radius 3 is 2.00 bits per heavy atom. The number of hydrogen-bond acceptors (Lipinski definition) is 4. The van der Waals surface area contributed by atoms with Crippen LogP contribution in [-0.4, -0.2) is 27.9 Å². The molecule has 0 saturated carbocycles. The summed E-state index contributed by atoms with van der Waals surface area (Å²) in [5.74, 6) is 0. The summed E-state index contributed by atoms with van der Waals surface area (Å²) >= 11 is 3.83. The topological polar surface area (TPSA) is 29.5 Å². The Bertz CT molecular complexity index is 245. The van der Waals surface area contributed by atoms with Gasteiger partial charge in [0.15, 0.2) is 0 Å². The van der Waals surface area contributed by atoms with Crippen LogP contribution < -0.4 is 0 Å². The summed E-state index contributed by atoms with van der Waals surface area (Å²) in [5.41, 5.74) is -5.00. The lowest BCUT2D eigenvalue weighted by Gasteiger charge is -2.19. The van der Waals surface area contributed by atoms with E-state index in [0.29, 0.717) is 0 Å². The van der Waals surface area contributed by atoms with Gasteiger partial charge in [-0.05, 0) is 0 Å². The molecule has 0 aromatic rings. The van der Waals surface area contributed by atoms with Crippen molar-refractivity contribution >= 4 is 20.0 Å². The average molecular weight is 237 g/mol. The minimum atomic E-state index is -5.00. The first-order valence-corrected chi connectivity index (χ1v) is 5.91. The normalized spacial score (nSPS) is 17.4. The fourth-order valence-corrected chi connectivity index (χ4v) is 1.34. The molecule has 0 aliphatic rings. The van der Waals surface area contributed by atoms with E-state index in [9.17, 15) is 17.4 Å². The van der Waals surface area contributed by atoms with Crippen LogP contribution in [0.25, 0.3) is 0 Å². The Labute approximate surface area is 79.7 Å². The second-order valence-electron chi connectivity index (χ2n) is 2.09. The molecule has 0 N–H and O–H groups in total. The van der Waals surface area contributed by atoms with Crippen molar-refractivity contribution in [3.8, 4) is 0 Å². The standard InChI is InChI=1S/C5H10F3NO2S2/c1-3-9(4-2)11-13(10,12)5(6,7)8/h3-4H2,1-2H3. The molecule has 0 spiro atoms. The SMILES string of the molecule is CCN(CC)OS(=O)(=S)C(F)(F)F. The summed E-state index contributed by atoms with van der Waals surface area (Å²) < 4.78 is 50.7. The molecule has 0 aliphatic carbocycles. The van der Waals surface area contributed by atoms with Crippen molar-refractivity contribution in [2.45, 2.75) is 19.4 Å². The molecule has 80 valence electrons. The maximum atomic E-state index is 11.9. The molecule has 1 atom stereocenters. The fraction of sp³-hybridized carbons (Fsp3) is 1.00. The zero-order valence-corrected chi connectivity index (χ0v) is 8.76. The van der Waals surface area contributed by atoms with Crippen LogP contribution in [0.3, 0.4) is 0 Å². The minimum Gasteiger partial charge on any atom is -0.218 e. The molecular weight excluding hydrogens is 227 g/mol. The van der Waals surface area contributed by atoms with E-state index in [1.807, 2.05) is 0 Å². The van der Waals surface area contributed by atoms with Crippen LogP contribution >= 0.6 is 0 Å². The molecule has 0 aliphatic heterocycles. The van der Waals surface area contributed by atoms with Gasteiger partial charge in [-0.2, -0.15) is 22.5 Å². The van der Waals surface area contributed by atoms with Crippen molar-refractivity contribution in [1.82, 2.24) is 5.06 Å². The molecule has 0 radical (unpaired) electrons. The zero-order valence-electron chi connectivity index (χ0n) is 7.13. The minimum absolute atomic E-state index is 0.195. The lowest BCUT2D eigenvalue weighted by Crippen LogP contribution is -2.33. The lowest BCUT2D eigenvalue weighted by atomic mass is 10.6. The molecule has 3 nitrogen and oxygen atoms in total. The number of rotatable bonds is 4. The molecule has 0 heterocycles. The number of nitrogens with zero attached hydrogens (tertiary/aromatic N) is 1. The van der Waals surface area contributed by atoms with Crippen molar-refractivity contribution in [3.05, 3.63) is 0 Å². The van der Waals surface area contributed by atoms with Crippen molar-refractivity contribution in [3.63, 3.8) is 0 Å². The molecule has 0 amide bonds. The van der Waals surface area contributed by atoms with Gasteiger partial charge < -0.3 is 0 Å². The van der Waals surface area contributed by atoms with Gasteiger partial charge in [0.05, 0.1) is 0 Å². The summed E-state index contributed by atoms with van der Waals surface area (Å²) in [6.07, 6.45) is 0. The van der Waals surface area contributed by atoms with Crippen molar-refractivity contribution in [2.75, 3.05) is 13.1 Å². The second-order valence-corrected chi connectivity index (χ2v) is 4.93. The van der Waals surface area contributed by atoms with Gasteiger partial charge in [0, 0.05) is 24.3 Å². The predicted molar refractivity (Wildman–Crippen MR) is 45.6 cm³/mol. The molecule has 0 aromatic carbocycles. The average Bonchev–Trinajstić information content (AvgIpc) is 1.98. The Hall–Kier alpha value is 0.0800. The molecule has 0 rings (SSSR count). The molecule has 8 heteroatoms. The third kappa shape index (κ3) is 3.75. The molecule has 1 unspecified atom stereocenters. The van der Waals surface area contributed by atoms with Crippen LogP contribution in [0.15, 0.2) is 0 Å². The van der Waals surface area contributed by atoms with Gasteiger partial charge in [-0.15, -0.1) is 0 Å². The highest BCUT2D eigenvalue weighted by molar-refractivity contribution is 8.30. The van der Waals surface area contributed by atoms with Gasteiger partial charge in [-0.1, -0.05) is 13.8 Å². The summed E-state index contributed by atoms with van der Waals surface area (Å²) in [5, 5.41) is 0.906. The first-order chi connectivity index (χ1) is 5.74. The number of hydrogen-bond donors (Lipinski definition) is 0. The van der Waals surface area contributed by atoms with Gasteiger partial charge in [0.25, 0.3) is 8.77 Å². The fourth-order valence-electron chi connectivity index (χ4n) is 0.510. The maximum absolute atomic E-state index is 11.9. The molecule has 0 aromatic heterocycles. The number of halogens is 3. The third-order valence-corrected chi connectivity index (χ3v) is 2.92. The molecule has 0 saturated heterocycles. The van der Waals surface area contributed by atoms with Crippen molar-refractivity contribution < 1.29 is 21.7 Å². The van der Waals surface area contributed by atoms with Crippen LogP contribution in [0, 0.1) is 0 Å². The zero-order chi connectivity index (χ0) is 10.7. The summed E-state index contributed by atoms with van der Waals surface area (Å²) in [6.45, 7) is 3.54. The highest BCUT2D eigenvalue weighted by Gasteiger charge is 2.44. The summed E-state index contributed by atoms with van der Waals surface area (Å²) in [4.78, 5) is 0. The first kappa shape index (κ1) is 13.1. The number of alkyl halides is 3. The largest absolute Gasteiger partial charge is 0.498 e. The van der Waals surface area contributed by atoms with Crippen LogP contribution in [0.5, 0.6) is 0 Å². The summed E-state index contributed by atoms with van der Waals surface area (Å²) in [7, 11) is -4.66. The molecular formula is C5H10F3NO2S2. The van der Waals surface area contributed by atoms with E-state index in [0.717, 1.165) is 5.06 Å². The first-order valence-electron chi connectivity index (χ1n) is 3.50. The van der Waals surface area contributed by atoms with Gasteiger partial charge in [0.1, 0.15) is 0 Å². The summed E-state index contributed by atoms with van der Waals surface area (Å²) in [6, 6.07) is 0. The Morgan fingerprint density at radius 1 is 1.38 bits per heavy atom. The van der Waals surface area contributed by atoms with E-state index in [4.69, 9.17) is 0 Å². The van der Waals surface area contributed by atoms with Crippen LogP contribution in [0.1, 0.15) is 13.8 Å². The Morgan fingerprint density at radius 2 is 1.77 bits per heavy atom. The number of hydroxylamine groups is 2. The van der Waals surface area contributed by atoms with Gasteiger partial charge in [0.2, 0.25) is 0 Å². The smallest absolute Gasteiger partial charge is 0.218 e. The van der Waals surface area contributed by atoms with E-state index in [1.165, 1.54) is 0 Å². The van der Waals surface area contributed by atoms with Gasteiger partial charge in [-0.3, -0.25) is 0 Å². The maximum Gasteiger partial charge on any atom is 0.498 e. The lowest BCUT2D eigenvalue weighted by molar-refractivity contribution is -0.0880. The second kappa shape index (κ2) is 4.54. The van der Waals surface area contributed by atoms with E-state index in [2.05, 4.69) is 15.5 Å². The molecule has 0 fully saturated rings. The van der Waals surface area contributed by atoms with E-state index >= 15 is 0 Å². The van der Waals surface area contributed by atoms with Crippen LogP contribution in [-0.2, 0) is 24.2 Å². The van der Waals surface area contributed by atoms with Crippen LogP contribution in [0.4, 0.5) is 13.2 Å². The van der Waals surface area contributed by atoms with Crippen LogP contribution in [0.2, 0.25) is 0 Å². The van der Waals surface area contributed by atoms with Crippen molar-refractivity contribution in [2.24, 2.45) is 0 Å². The molecule has 0 bridgehead atoms.